The zero-order valence-electron chi connectivity index (χ0n) is 10.3. The van der Waals surface area contributed by atoms with Crippen LogP contribution in [0, 0.1) is 5.82 Å². The Balaban J connectivity index is 2.15. The minimum atomic E-state index is -0.391. The maximum absolute atomic E-state index is 13.5. The molecule has 0 radical (unpaired) electrons. The first-order valence-corrected chi connectivity index (χ1v) is 7.33. The van der Waals surface area contributed by atoms with E-state index in [1.165, 1.54) is 6.07 Å². The molecule has 0 aliphatic rings. The molecule has 6 heteroatoms. The van der Waals surface area contributed by atoms with Crippen LogP contribution < -0.4 is 11.1 Å². The normalized spacial score (nSPS) is 10.3. The van der Waals surface area contributed by atoms with Gasteiger partial charge in [-0.15, -0.1) is 0 Å². The van der Waals surface area contributed by atoms with E-state index >= 15 is 0 Å². The van der Waals surface area contributed by atoms with Crippen LogP contribution in [0.3, 0.4) is 0 Å². The lowest BCUT2D eigenvalue weighted by Crippen LogP contribution is -2.16. The van der Waals surface area contributed by atoms with Gasteiger partial charge in [-0.2, -0.15) is 0 Å². The van der Waals surface area contributed by atoms with E-state index < -0.39 is 5.82 Å². The van der Waals surface area contributed by atoms with Crippen molar-refractivity contribution in [2.45, 2.75) is 6.42 Å². The maximum atomic E-state index is 13.5. The van der Waals surface area contributed by atoms with E-state index in [-0.39, 0.29) is 12.3 Å². The van der Waals surface area contributed by atoms with Gasteiger partial charge in [0.15, 0.2) is 0 Å². The summed E-state index contributed by atoms with van der Waals surface area (Å²) in [5.41, 5.74) is 7.17. The Labute approximate surface area is 132 Å². The third-order valence-electron chi connectivity index (χ3n) is 2.64. The molecule has 2 aromatic carbocycles. The van der Waals surface area contributed by atoms with Crippen LogP contribution in [-0.4, -0.2) is 5.91 Å². The van der Waals surface area contributed by atoms with Crippen LogP contribution >= 0.6 is 31.9 Å². The van der Waals surface area contributed by atoms with Crippen molar-refractivity contribution >= 4 is 49.1 Å². The number of carbonyl (C=O) groups excluding carboxylic acids is 1. The number of carbonyl (C=O) groups is 1. The number of halogens is 3. The molecule has 0 atom stereocenters. The number of hydrogen-bond donors (Lipinski definition) is 2. The van der Waals surface area contributed by atoms with Gasteiger partial charge in [-0.3, -0.25) is 4.79 Å². The molecule has 0 aliphatic heterocycles. The lowest BCUT2D eigenvalue weighted by molar-refractivity contribution is -0.115. The topological polar surface area (TPSA) is 55.1 Å². The van der Waals surface area contributed by atoms with Gasteiger partial charge in [-0.1, -0.05) is 18.2 Å². The average Bonchev–Trinajstić information content (AvgIpc) is 2.36. The molecule has 0 saturated heterocycles. The SMILES string of the molecule is Nc1cc(Br)c(NC(=O)Cc2ccccc2F)c(Br)c1. The van der Waals surface area contributed by atoms with Crippen molar-refractivity contribution in [3.05, 3.63) is 56.7 Å². The van der Waals surface area contributed by atoms with Gasteiger partial charge in [0.1, 0.15) is 5.82 Å². The first kappa shape index (κ1) is 15.0. The molecule has 0 fully saturated rings. The first-order chi connectivity index (χ1) is 9.47. The molecule has 2 aromatic rings. The van der Waals surface area contributed by atoms with Gasteiger partial charge in [0.2, 0.25) is 5.91 Å². The molecule has 3 N–H and O–H groups in total. The van der Waals surface area contributed by atoms with Crippen LogP contribution in [0.1, 0.15) is 5.56 Å². The Kier molecular flexibility index (Phi) is 4.77. The minimum Gasteiger partial charge on any atom is -0.399 e. The number of nitrogens with two attached hydrogens (primary N) is 1. The van der Waals surface area contributed by atoms with Gasteiger partial charge in [0.05, 0.1) is 12.1 Å². The van der Waals surface area contributed by atoms with E-state index in [0.29, 0.717) is 25.9 Å². The molecule has 0 bridgehead atoms. The molecule has 0 aromatic heterocycles. The zero-order chi connectivity index (χ0) is 14.7. The van der Waals surface area contributed by atoms with Crippen LogP contribution in [0.5, 0.6) is 0 Å². The summed E-state index contributed by atoms with van der Waals surface area (Å²) in [6.07, 6.45) is -0.0318. The van der Waals surface area contributed by atoms with E-state index in [1.807, 2.05) is 0 Å². The van der Waals surface area contributed by atoms with Crippen molar-refractivity contribution in [2.75, 3.05) is 11.1 Å². The molecule has 0 aliphatic carbocycles. The summed E-state index contributed by atoms with van der Waals surface area (Å²) in [5.74, 6) is -0.695. The fourth-order valence-electron chi connectivity index (χ4n) is 1.71. The summed E-state index contributed by atoms with van der Waals surface area (Å²) in [6, 6.07) is 9.57. The summed E-state index contributed by atoms with van der Waals surface area (Å²) in [5, 5.41) is 2.73. The molecular formula is C14H11Br2FN2O. The predicted octanol–water partition coefficient (Wildman–Crippen LogP) is 4.11. The van der Waals surface area contributed by atoms with Crippen LogP contribution in [0.25, 0.3) is 0 Å². The Morgan fingerprint density at radius 2 is 1.80 bits per heavy atom. The van der Waals surface area contributed by atoms with Gasteiger partial charge >= 0.3 is 0 Å². The molecule has 3 nitrogen and oxygen atoms in total. The number of hydrogen-bond acceptors (Lipinski definition) is 2. The van der Waals surface area contributed by atoms with Gasteiger partial charge in [0.25, 0.3) is 0 Å². The van der Waals surface area contributed by atoms with Crippen molar-refractivity contribution in [1.29, 1.82) is 0 Å². The average molecular weight is 402 g/mol. The van der Waals surface area contributed by atoms with E-state index in [1.54, 1.807) is 30.3 Å². The molecular weight excluding hydrogens is 391 g/mol. The molecule has 0 spiro atoms. The molecule has 0 saturated carbocycles. The van der Waals surface area contributed by atoms with Crippen molar-refractivity contribution in [3.63, 3.8) is 0 Å². The van der Waals surface area contributed by atoms with Crippen molar-refractivity contribution in [2.24, 2.45) is 0 Å². The second-order valence-electron chi connectivity index (χ2n) is 4.18. The molecule has 2 rings (SSSR count). The lowest BCUT2D eigenvalue weighted by Gasteiger charge is -2.11. The second-order valence-corrected chi connectivity index (χ2v) is 5.88. The van der Waals surface area contributed by atoms with Crippen LogP contribution in [0.2, 0.25) is 0 Å². The summed E-state index contributed by atoms with van der Waals surface area (Å²) < 4.78 is 14.8. The van der Waals surface area contributed by atoms with E-state index in [9.17, 15) is 9.18 Å². The highest BCUT2D eigenvalue weighted by molar-refractivity contribution is 9.11. The summed E-state index contributed by atoms with van der Waals surface area (Å²) in [7, 11) is 0. The third-order valence-corrected chi connectivity index (χ3v) is 3.89. The Hall–Kier alpha value is -1.40. The standard InChI is InChI=1S/C14H11Br2FN2O/c15-10-6-9(18)7-11(16)14(10)19-13(20)5-8-3-1-2-4-12(8)17/h1-4,6-7H,5,18H2,(H,19,20). The summed E-state index contributed by atoms with van der Waals surface area (Å²) >= 11 is 6.66. The van der Waals surface area contributed by atoms with Crippen LogP contribution in [0.4, 0.5) is 15.8 Å². The van der Waals surface area contributed by atoms with Gasteiger partial charge in [0, 0.05) is 14.6 Å². The van der Waals surface area contributed by atoms with Crippen molar-refractivity contribution in [3.8, 4) is 0 Å². The van der Waals surface area contributed by atoms with Gasteiger partial charge in [-0.05, 0) is 55.6 Å². The van der Waals surface area contributed by atoms with Gasteiger partial charge in [-0.25, -0.2) is 4.39 Å². The predicted molar refractivity (Wildman–Crippen MR) is 85.0 cm³/mol. The molecule has 0 unspecified atom stereocenters. The number of amides is 1. The molecule has 1 amide bonds. The molecule has 104 valence electrons. The van der Waals surface area contributed by atoms with Crippen LogP contribution in [0.15, 0.2) is 45.3 Å². The fourth-order valence-corrected chi connectivity index (χ4v) is 3.13. The molecule has 20 heavy (non-hydrogen) atoms. The highest BCUT2D eigenvalue weighted by Gasteiger charge is 2.12. The second kappa shape index (κ2) is 6.37. The number of rotatable bonds is 3. The van der Waals surface area contributed by atoms with Crippen molar-refractivity contribution in [1.82, 2.24) is 0 Å². The summed E-state index contributed by atoms with van der Waals surface area (Å²) in [6.45, 7) is 0. The number of nitrogen functional groups attached to an aromatic ring is 1. The Morgan fingerprint density at radius 1 is 1.20 bits per heavy atom. The largest absolute Gasteiger partial charge is 0.399 e. The highest BCUT2D eigenvalue weighted by Crippen LogP contribution is 2.33. The van der Waals surface area contributed by atoms with E-state index in [4.69, 9.17) is 5.73 Å². The van der Waals surface area contributed by atoms with E-state index in [0.717, 1.165) is 0 Å². The van der Waals surface area contributed by atoms with Gasteiger partial charge < -0.3 is 11.1 Å². The quantitative estimate of drug-likeness (QED) is 0.760. The van der Waals surface area contributed by atoms with Crippen LogP contribution in [-0.2, 0) is 11.2 Å². The summed E-state index contributed by atoms with van der Waals surface area (Å²) in [4.78, 5) is 12.0. The number of benzene rings is 2. The maximum Gasteiger partial charge on any atom is 0.228 e. The van der Waals surface area contributed by atoms with E-state index in [2.05, 4.69) is 37.2 Å². The highest BCUT2D eigenvalue weighted by atomic mass is 79.9. The Morgan fingerprint density at radius 3 is 2.40 bits per heavy atom. The number of nitrogens with one attached hydrogen (secondary N) is 1. The monoisotopic (exact) mass is 400 g/mol. The van der Waals surface area contributed by atoms with Crippen molar-refractivity contribution < 1.29 is 9.18 Å². The zero-order valence-corrected chi connectivity index (χ0v) is 13.5. The smallest absolute Gasteiger partial charge is 0.228 e. The number of anilines is 2. The lowest BCUT2D eigenvalue weighted by atomic mass is 10.1. The first-order valence-electron chi connectivity index (χ1n) is 5.75. The third kappa shape index (κ3) is 3.58. The minimum absolute atomic E-state index is 0.0318. The Bertz CT molecular complexity index is 638. The molecule has 0 heterocycles. The fraction of sp³-hybridized carbons (Fsp3) is 0.0714.